The van der Waals surface area contributed by atoms with E-state index in [9.17, 15) is 9.18 Å². The van der Waals surface area contributed by atoms with Gasteiger partial charge in [-0.3, -0.25) is 4.79 Å². The fourth-order valence-corrected chi connectivity index (χ4v) is 2.60. The number of carbonyl (C=O) groups is 1. The number of hydrogen-bond acceptors (Lipinski definition) is 7. The molecule has 1 aromatic carbocycles. The third-order valence-electron chi connectivity index (χ3n) is 3.08. The van der Waals surface area contributed by atoms with E-state index < -0.39 is 0 Å². The molecule has 3 rings (SSSR count). The van der Waals surface area contributed by atoms with Crippen molar-refractivity contribution in [2.75, 3.05) is 16.9 Å². The van der Waals surface area contributed by atoms with Gasteiger partial charge in [-0.15, -0.1) is 10.2 Å². The Morgan fingerprint density at radius 3 is 2.92 bits per heavy atom. The fraction of sp³-hybridized carbons (Fsp3) is 0.143. The van der Waals surface area contributed by atoms with E-state index in [1.165, 1.54) is 23.1 Å². The SMILES string of the molecule is Nn1c(Cc2ccccc2F)nnc1SCC(=O)Nc1ccon1. The third kappa shape index (κ3) is 3.71. The number of nitrogens with one attached hydrogen (secondary N) is 1. The van der Waals surface area contributed by atoms with Gasteiger partial charge < -0.3 is 15.7 Å². The first kappa shape index (κ1) is 16.0. The average Bonchev–Trinajstić information content (AvgIpc) is 3.19. The van der Waals surface area contributed by atoms with Gasteiger partial charge in [-0.2, -0.15) is 0 Å². The highest BCUT2D eigenvalue weighted by molar-refractivity contribution is 7.99. The van der Waals surface area contributed by atoms with Crippen LogP contribution in [0.4, 0.5) is 10.2 Å². The molecule has 2 heterocycles. The Morgan fingerprint density at radius 2 is 2.17 bits per heavy atom. The van der Waals surface area contributed by atoms with E-state index in [0.717, 1.165) is 11.8 Å². The molecule has 24 heavy (non-hydrogen) atoms. The molecule has 0 radical (unpaired) electrons. The molecule has 0 fully saturated rings. The summed E-state index contributed by atoms with van der Waals surface area (Å²) in [4.78, 5) is 11.8. The largest absolute Gasteiger partial charge is 0.363 e. The minimum atomic E-state index is -0.332. The van der Waals surface area contributed by atoms with Crippen LogP contribution >= 0.6 is 11.8 Å². The van der Waals surface area contributed by atoms with Crippen molar-refractivity contribution in [2.24, 2.45) is 0 Å². The highest BCUT2D eigenvalue weighted by Gasteiger charge is 2.14. The molecule has 124 valence electrons. The van der Waals surface area contributed by atoms with Crippen LogP contribution in [-0.4, -0.2) is 31.7 Å². The van der Waals surface area contributed by atoms with Crippen LogP contribution in [0.25, 0.3) is 0 Å². The molecule has 0 aliphatic rings. The lowest BCUT2D eigenvalue weighted by Crippen LogP contribution is -2.17. The van der Waals surface area contributed by atoms with Crippen LogP contribution in [0.15, 0.2) is 46.3 Å². The van der Waals surface area contributed by atoms with Crippen LogP contribution < -0.4 is 11.2 Å². The minimum absolute atomic E-state index is 0.0713. The molecule has 0 saturated heterocycles. The highest BCUT2D eigenvalue weighted by Crippen LogP contribution is 2.17. The lowest BCUT2D eigenvalue weighted by Gasteiger charge is -2.04. The quantitative estimate of drug-likeness (QED) is 0.512. The molecular weight excluding hydrogens is 335 g/mol. The standard InChI is InChI=1S/C14H13FN6O2S/c15-10-4-2-1-3-9(10)7-12-18-19-14(21(12)16)24-8-13(22)17-11-5-6-23-20-11/h1-6H,7-8,16H2,(H,17,20,22). The molecule has 1 amide bonds. The Kier molecular flexibility index (Phi) is 4.75. The van der Waals surface area contributed by atoms with Gasteiger partial charge in [0.25, 0.3) is 0 Å². The predicted molar refractivity (Wildman–Crippen MR) is 85.2 cm³/mol. The molecule has 8 nitrogen and oxygen atoms in total. The molecule has 3 aromatic rings. The summed E-state index contributed by atoms with van der Waals surface area (Å²) in [5, 5.41) is 14.4. The molecule has 0 saturated carbocycles. The second-order valence-corrected chi connectivity index (χ2v) is 5.70. The number of nitrogen functional groups attached to an aromatic ring is 1. The number of hydrogen-bond donors (Lipinski definition) is 2. The van der Waals surface area contributed by atoms with Gasteiger partial charge in [0.05, 0.1) is 5.75 Å². The normalized spacial score (nSPS) is 10.7. The van der Waals surface area contributed by atoms with Crippen molar-refractivity contribution in [2.45, 2.75) is 11.6 Å². The van der Waals surface area contributed by atoms with Gasteiger partial charge in [0.15, 0.2) is 11.6 Å². The van der Waals surface area contributed by atoms with Gasteiger partial charge in [0.1, 0.15) is 12.1 Å². The zero-order valence-corrected chi connectivity index (χ0v) is 13.2. The Bertz CT molecular complexity index is 836. The van der Waals surface area contributed by atoms with Gasteiger partial charge in [-0.1, -0.05) is 35.1 Å². The summed E-state index contributed by atoms with van der Waals surface area (Å²) in [5.74, 6) is 6.10. The zero-order chi connectivity index (χ0) is 16.9. The molecular formula is C14H13FN6O2S. The Morgan fingerprint density at radius 1 is 1.33 bits per heavy atom. The summed E-state index contributed by atoms with van der Waals surface area (Å²) >= 11 is 1.11. The monoisotopic (exact) mass is 348 g/mol. The molecule has 0 unspecified atom stereocenters. The summed E-state index contributed by atoms with van der Waals surface area (Å²) in [7, 11) is 0. The number of aromatic nitrogens is 4. The van der Waals surface area contributed by atoms with Crippen LogP contribution in [0, 0.1) is 5.82 Å². The lowest BCUT2D eigenvalue weighted by atomic mass is 10.1. The summed E-state index contributed by atoms with van der Waals surface area (Å²) < 4.78 is 19.5. The third-order valence-corrected chi connectivity index (χ3v) is 4.02. The lowest BCUT2D eigenvalue weighted by molar-refractivity contribution is -0.113. The predicted octanol–water partition coefficient (Wildman–Crippen LogP) is 1.44. The van der Waals surface area contributed by atoms with Gasteiger partial charge in [-0.05, 0) is 11.6 Å². The van der Waals surface area contributed by atoms with Crippen molar-refractivity contribution in [1.29, 1.82) is 0 Å². The average molecular weight is 348 g/mol. The van der Waals surface area contributed by atoms with Crippen LogP contribution in [0.3, 0.4) is 0 Å². The Balaban J connectivity index is 1.60. The maximum atomic E-state index is 13.7. The number of benzene rings is 1. The Hall–Kier alpha value is -2.88. The number of thioether (sulfide) groups is 1. The first-order valence-corrected chi connectivity index (χ1v) is 7.88. The van der Waals surface area contributed by atoms with Gasteiger partial charge in [0.2, 0.25) is 11.1 Å². The van der Waals surface area contributed by atoms with Gasteiger partial charge >= 0.3 is 0 Å². The molecule has 0 spiro atoms. The van der Waals surface area contributed by atoms with Crippen LogP contribution in [0.5, 0.6) is 0 Å². The maximum Gasteiger partial charge on any atom is 0.236 e. The van der Waals surface area contributed by atoms with E-state index >= 15 is 0 Å². The van der Waals surface area contributed by atoms with Crippen molar-refractivity contribution in [3.63, 3.8) is 0 Å². The number of amides is 1. The number of anilines is 1. The van der Waals surface area contributed by atoms with Gasteiger partial charge in [-0.25, -0.2) is 9.07 Å². The second kappa shape index (κ2) is 7.13. The van der Waals surface area contributed by atoms with Crippen LogP contribution in [0.2, 0.25) is 0 Å². The smallest absolute Gasteiger partial charge is 0.236 e. The van der Waals surface area contributed by atoms with Crippen LogP contribution in [0.1, 0.15) is 11.4 Å². The number of carbonyl (C=O) groups excluding carboxylic acids is 1. The summed E-state index contributed by atoms with van der Waals surface area (Å²) in [6.07, 6.45) is 1.57. The summed E-state index contributed by atoms with van der Waals surface area (Å²) in [5.41, 5.74) is 0.469. The number of nitrogens with two attached hydrogens (primary N) is 1. The topological polar surface area (TPSA) is 112 Å². The first-order valence-electron chi connectivity index (χ1n) is 6.89. The molecule has 3 N–H and O–H groups in total. The van der Waals surface area contributed by atoms with Crippen molar-refractivity contribution < 1.29 is 13.7 Å². The number of nitrogens with zero attached hydrogens (tertiary/aromatic N) is 4. The van der Waals surface area contributed by atoms with E-state index in [1.807, 2.05) is 0 Å². The van der Waals surface area contributed by atoms with Crippen molar-refractivity contribution in [3.05, 3.63) is 53.8 Å². The van der Waals surface area contributed by atoms with E-state index in [-0.39, 0.29) is 23.9 Å². The second-order valence-electron chi connectivity index (χ2n) is 4.76. The van der Waals surface area contributed by atoms with E-state index in [2.05, 4.69) is 25.2 Å². The maximum absolute atomic E-state index is 13.7. The van der Waals surface area contributed by atoms with Crippen molar-refractivity contribution >= 4 is 23.5 Å². The molecule has 0 aliphatic carbocycles. The number of rotatable bonds is 6. The molecule has 2 aromatic heterocycles. The molecule has 0 atom stereocenters. The van der Waals surface area contributed by atoms with Crippen LogP contribution in [-0.2, 0) is 11.2 Å². The highest BCUT2D eigenvalue weighted by atomic mass is 32.2. The van der Waals surface area contributed by atoms with Gasteiger partial charge in [0, 0.05) is 12.5 Å². The summed E-state index contributed by atoms with van der Waals surface area (Å²) in [6, 6.07) is 7.90. The first-order chi connectivity index (χ1) is 11.6. The molecule has 0 bridgehead atoms. The van der Waals surface area contributed by atoms with E-state index in [1.54, 1.807) is 18.2 Å². The zero-order valence-electron chi connectivity index (χ0n) is 12.3. The fourth-order valence-electron chi connectivity index (χ4n) is 1.92. The summed E-state index contributed by atoms with van der Waals surface area (Å²) in [6.45, 7) is 0. The number of halogens is 1. The van der Waals surface area contributed by atoms with E-state index in [0.29, 0.717) is 22.4 Å². The Labute approximate surface area is 140 Å². The molecule has 0 aliphatic heterocycles. The van der Waals surface area contributed by atoms with E-state index in [4.69, 9.17) is 5.84 Å². The van der Waals surface area contributed by atoms with Crippen molar-refractivity contribution in [1.82, 2.24) is 20.0 Å². The van der Waals surface area contributed by atoms with Crippen molar-refractivity contribution in [3.8, 4) is 0 Å². The minimum Gasteiger partial charge on any atom is -0.363 e. The molecule has 10 heteroatoms.